The number of fused-ring (bicyclic) bond motifs is 2. The summed E-state index contributed by atoms with van der Waals surface area (Å²) < 4.78 is 13.4. The maximum absolute atomic E-state index is 6.48. The molecule has 3 heterocycles. The van der Waals surface area contributed by atoms with Crippen LogP contribution >= 0.6 is 27.5 Å². The first-order valence-corrected chi connectivity index (χ1v) is 8.93. The van der Waals surface area contributed by atoms with Gasteiger partial charge in [0.15, 0.2) is 12.4 Å². The molecule has 0 atom stereocenters. The van der Waals surface area contributed by atoms with Gasteiger partial charge in [-0.2, -0.15) is 5.10 Å². The van der Waals surface area contributed by atoms with E-state index in [-0.39, 0.29) is 6.79 Å². The van der Waals surface area contributed by atoms with Gasteiger partial charge in [-0.15, -0.1) is 0 Å². The number of hydrogen-bond donors (Lipinski definition) is 0. The molecule has 0 saturated heterocycles. The normalized spacial score (nSPS) is 11.4. The average molecular weight is 434 g/mol. The van der Waals surface area contributed by atoms with E-state index in [4.69, 9.17) is 21.1 Å². The second-order valence-corrected chi connectivity index (χ2v) is 7.10. The molecule has 0 N–H and O–H groups in total. The number of benzene rings is 1. The molecule has 0 aliphatic carbocycles. The minimum atomic E-state index is 0.123. The predicted molar refractivity (Wildman–Crippen MR) is 104 cm³/mol. The minimum Gasteiger partial charge on any atom is -0.467 e. The quantitative estimate of drug-likeness (QED) is 0.441. The fourth-order valence-corrected chi connectivity index (χ4v) is 3.37. The number of pyridine rings is 2. The van der Waals surface area contributed by atoms with E-state index in [1.807, 2.05) is 37.5 Å². The Morgan fingerprint density at radius 2 is 2.08 bits per heavy atom. The summed E-state index contributed by atoms with van der Waals surface area (Å²) in [6.45, 7) is 0.123. The second-order valence-electron chi connectivity index (χ2n) is 5.77. The van der Waals surface area contributed by atoms with Gasteiger partial charge in [-0.3, -0.25) is 4.68 Å². The lowest BCUT2D eigenvalue weighted by Crippen LogP contribution is -2.01. The molecule has 8 heteroatoms. The Balaban J connectivity index is 1.94. The van der Waals surface area contributed by atoms with E-state index in [2.05, 4.69) is 31.0 Å². The molecule has 0 amide bonds. The highest BCUT2D eigenvalue weighted by molar-refractivity contribution is 9.10. The van der Waals surface area contributed by atoms with Gasteiger partial charge in [0.2, 0.25) is 0 Å². The Bertz CT molecular complexity index is 1130. The molecule has 26 heavy (non-hydrogen) atoms. The molecule has 0 radical (unpaired) electrons. The zero-order chi connectivity index (χ0) is 18.3. The Kier molecular flexibility index (Phi) is 4.52. The molecular weight excluding hydrogens is 420 g/mol. The fraction of sp³-hybridized carbons (Fsp3) is 0.167. The van der Waals surface area contributed by atoms with Gasteiger partial charge in [0.25, 0.3) is 0 Å². The Morgan fingerprint density at radius 1 is 1.23 bits per heavy atom. The smallest absolute Gasteiger partial charge is 0.188 e. The van der Waals surface area contributed by atoms with Gasteiger partial charge in [0.1, 0.15) is 5.75 Å². The van der Waals surface area contributed by atoms with Crippen molar-refractivity contribution in [2.75, 3.05) is 13.9 Å². The molecule has 1 aromatic carbocycles. The number of rotatable bonds is 4. The summed E-state index contributed by atoms with van der Waals surface area (Å²) in [5.74, 6) is 0.623. The fourth-order valence-electron chi connectivity index (χ4n) is 2.80. The summed E-state index contributed by atoms with van der Waals surface area (Å²) in [6.07, 6.45) is 3.64. The summed E-state index contributed by atoms with van der Waals surface area (Å²) in [5.41, 5.74) is 2.88. The van der Waals surface area contributed by atoms with Gasteiger partial charge < -0.3 is 9.47 Å². The molecule has 0 spiro atoms. The SMILES string of the molecule is COCOc1cc2nn(C)cc2cc1-c1cc(Cl)c2cc(Br)cnc2n1. The monoisotopic (exact) mass is 432 g/mol. The predicted octanol–water partition coefficient (Wildman–Crippen LogP) is 4.58. The molecule has 3 aromatic heterocycles. The van der Waals surface area contributed by atoms with Crippen molar-refractivity contribution in [3.05, 3.63) is 46.2 Å². The molecule has 0 aliphatic heterocycles. The van der Waals surface area contributed by atoms with E-state index in [0.29, 0.717) is 22.1 Å². The number of hydrogen-bond acceptors (Lipinski definition) is 5. The average Bonchev–Trinajstić information content (AvgIpc) is 2.98. The van der Waals surface area contributed by atoms with Crippen molar-refractivity contribution in [3.63, 3.8) is 0 Å². The third-order valence-electron chi connectivity index (χ3n) is 3.91. The van der Waals surface area contributed by atoms with Gasteiger partial charge in [0.05, 0.1) is 16.2 Å². The van der Waals surface area contributed by atoms with Crippen LogP contribution in [0.2, 0.25) is 5.02 Å². The van der Waals surface area contributed by atoms with E-state index in [0.717, 1.165) is 26.3 Å². The lowest BCUT2D eigenvalue weighted by molar-refractivity contribution is 0.0516. The lowest BCUT2D eigenvalue weighted by atomic mass is 10.1. The number of halogens is 2. The zero-order valence-corrected chi connectivity index (χ0v) is 16.4. The Morgan fingerprint density at radius 3 is 2.88 bits per heavy atom. The summed E-state index contributed by atoms with van der Waals surface area (Å²) in [4.78, 5) is 9.03. The van der Waals surface area contributed by atoms with Gasteiger partial charge in [-0.25, -0.2) is 9.97 Å². The van der Waals surface area contributed by atoms with Crippen LogP contribution in [0.3, 0.4) is 0 Å². The highest BCUT2D eigenvalue weighted by Gasteiger charge is 2.15. The molecule has 132 valence electrons. The minimum absolute atomic E-state index is 0.123. The van der Waals surface area contributed by atoms with E-state index in [9.17, 15) is 0 Å². The lowest BCUT2D eigenvalue weighted by Gasteiger charge is -2.12. The third-order valence-corrected chi connectivity index (χ3v) is 4.66. The molecule has 4 aromatic rings. The van der Waals surface area contributed by atoms with Crippen LogP contribution in [-0.2, 0) is 11.8 Å². The van der Waals surface area contributed by atoms with Crippen LogP contribution < -0.4 is 4.74 Å². The van der Waals surface area contributed by atoms with Gasteiger partial charge in [-0.05, 0) is 34.1 Å². The molecular formula is C18H14BrClN4O2. The van der Waals surface area contributed by atoms with Gasteiger partial charge in [0, 0.05) is 53.4 Å². The van der Waals surface area contributed by atoms with Crippen LogP contribution in [-0.4, -0.2) is 33.7 Å². The van der Waals surface area contributed by atoms with Crippen LogP contribution in [0.25, 0.3) is 33.2 Å². The second kappa shape index (κ2) is 6.83. The topological polar surface area (TPSA) is 62.1 Å². The summed E-state index contributed by atoms with van der Waals surface area (Å²) >= 11 is 9.89. The van der Waals surface area contributed by atoms with E-state index in [1.54, 1.807) is 18.0 Å². The van der Waals surface area contributed by atoms with Crippen molar-refractivity contribution in [3.8, 4) is 17.0 Å². The van der Waals surface area contributed by atoms with Crippen LogP contribution in [0.4, 0.5) is 0 Å². The van der Waals surface area contributed by atoms with Crippen LogP contribution in [0, 0.1) is 0 Å². The standard InChI is InChI=1S/C18H14BrClN4O2/c1-24-8-10-3-13(17(26-9-25-2)6-15(10)23-24)16-5-14(20)12-4-11(19)7-21-18(12)22-16/h3-8H,9H2,1-2H3. The van der Waals surface area contributed by atoms with Crippen molar-refractivity contribution in [1.29, 1.82) is 0 Å². The highest BCUT2D eigenvalue weighted by Crippen LogP contribution is 2.36. The first kappa shape index (κ1) is 17.2. The number of aromatic nitrogens is 4. The third kappa shape index (κ3) is 3.13. The van der Waals surface area contributed by atoms with Crippen molar-refractivity contribution in [2.24, 2.45) is 7.05 Å². The summed E-state index contributed by atoms with van der Waals surface area (Å²) in [6, 6.07) is 7.57. The van der Waals surface area contributed by atoms with Crippen molar-refractivity contribution < 1.29 is 9.47 Å². The largest absolute Gasteiger partial charge is 0.467 e. The molecule has 4 rings (SSSR count). The number of methoxy groups -OCH3 is 1. The van der Waals surface area contributed by atoms with Crippen molar-refractivity contribution in [2.45, 2.75) is 0 Å². The van der Waals surface area contributed by atoms with Gasteiger partial charge in [-0.1, -0.05) is 11.6 Å². The van der Waals surface area contributed by atoms with Crippen LogP contribution in [0.1, 0.15) is 0 Å². The first-order valence-electron chi connectivity index (χ1n) is 7.76. The van der Waals surface area contributed by atoms with E-state index in [1.165, 1.54) is 0 Å². The molecule has 0 bridgehead atoms. The number of aryl methyl sites for hydroxylation is 1. The molecule has 6 nitrogen and oxygen atoms in total. The first-order chi connectivity index (χ1) is 12.5. The van der Waals surface area contributed by atoms with Crippen molar-refractivity contribution >= 4 is 49.5 Å². The van der Waals surface area contributed by atoms with E-state index < -0.39 is 0 Å². The molecule has 0 fully saturated rings. The molecule has 0 unspecified atom stereocenters. The maximum Gasteiger partial charge on any atom is 0.188 e. The Hall–Kier alpha value is -2.22. The van der Waals surface area contributed by atoms with Crippen LogP contribution in [0.5, 0.6) is 5.75 Å². The van der Waals surface area contributed by atoms with Crippen LogP contribution in [0.15, 0.2) is 41.1 Å². The van der Waals surface area contributed by atoms with Gasteiger partial charge >= 0.3 is 0 Å². The number of nitrogens with zero attached hydrogens (tertiary/aromatic N) is 4. The van der Waals surface area contributed by atoms with Crippen molar-refractivity contribution in [1.82, 2.24) is 19.7 Å². The summed E-state index contributed by atoms with van der Waals surface area (Å²) in [5, 5.41) is 6.76. The molecule has 0 aliphatic rings. The zero-order valence-electron chi connectivity index (χ0n) is 14.0. The Labute approximate surface area is 162 Å². The number of ether oxygens (including phenoxy) is 2. The summed E-state index contributed by atoms with van der Waals surface area (Å²) in [7, 11) is 3.45. The maximum atomic E-state index is 6.48. The molecule has 0 saturated carbocycles. The highest BCUT2D eigenvalue weighted by atomic mass is 79.9. The van der Waals surface area contributed by atoms with E-state index >= 15 is 0 Å².